The molecule has 8 heteroatoms. The van der Waals surface area contributed by atoms with Crippen molar-refractivity contribution in [3.05, 3.63) is 24.0 Å². The van der Waals surface area contributed by atoms with E-state index < -0.39 is 27.6 Å². The number of nitrogens with two attached hydrogens (primary N) is 1. The molecule has 0 spiro atoms. The molecular weight excluding hydrogens is 284 g/mol. The van der Waals surface area contributed by atoms with Gasteiger partial charge in [0.25, 0.3) is 0 Å². The maximum Gasteiger partial charge on any atom is 0.306 e. The Morgan fingerprint density at radius 2 is 2.10 bits per heavy atom. The number of carbonyl (C=O) groups excluding carboxylic acids is 2. The first kappa shape index (κ1) is 16.1. The Kier molecular flexibility index (Phi) is 5.20. The average molecular weight is 300 g/mol. The van der Waals surface area contributed by atoms with Crippen LogP contribution in [-0.4, -0.2) is 38.1 Å². The summed E-state index contributed by atoms with van der Waals surface area (Å²) >= 11 is 0. The van der Waals surface area contributed by atoms with Gasteiger partial charge in [-0.2, -0.15) is 0 Å². The summed E-state index contributed by atoms with van der Waals surface area (Å²) in [5.74, 6) is -2.38. The number of nitrogens with zero attached hydrogens (tertiary/aromatic N) is 1. The van der Waals surface area contributed by atoms with Gasteiger partial charge < -0.3 is 10.5 Å². The topological polar surface area (TPSA) is 116 Å². The number of hydrogen-bond donors (Lipinski definition) is 1. The minimum atomic E-state index is -3.43. The third kappa shape index (κ3) is 4.30. The van der Waals surface area contributed by atoms with Crippen molar-refractivity contribution in [1.29, 1.82) is 0 Å². The van der Waals surface area contributed by atoms with Crippen LogP contribution in [0.4, 0.5) is 0 Å². The van der Waals surface area contributed by atoms with E-state index in [1.54, 1.807) is 6.92 Å². The molecule has 0 saturated carbocycles. The van der Waals surface area contributed by atoms with Crippen molar-refractivity contribution in [2.75, 3.05) is 12.9 Å². The molecule has 1 amide bonds. The number of sulfone groups is 1. The quantitative estimate of drug-likeness (QED) is 0.739. The number of esters is 1. The van der Waals surface area contributed by atoms with Crippen LogP contribution >= 0.6 is 0 Å². The summed E-state index contributed by atoms with van der Waals surface area (Å²) in [4.78, 5) is 26.8. The number of ether oxygens (including phenoxy) is 1. The standard InChI is InChI=1S/C12H16N2O5S/c1-3-19-11(15)7-9(12(13)16)10-6-8(4-5-14-10)20(2,17)18/h4-6,9H,3,7H2,1-2H3,(H2,13,16). The van der Waals surface area contributed by atoms with E-state index in [0.717, 1.165) is 6.26 Å². The molecular formula is C12H16N2O5S. The average Bonchev–Trinajstić information content (AvgIpc) is 2.35. The van der Waals surface area contributed by atoms with Crippen LogP contribution in [0.25, 0.3) is 0 Å². The van der Waals surface area contributed by atoms with E-state index in [2.05, 4.69) is 4.98 Å². The minimum Gasteiger partial charge on any atom is -0.466 e. The van der Waals surface area contributed by atoms with Gasteiger partial charge in [-0.3, -0.25) is 14.6 Å². The van der Waals surface area contributed by atoms with E-state index in [-0.39, 0.29) is 23.6 Å². The van der Waals surface area contributed by atoms with Crippen molar-refractivity contribution in [3.8, 4) is 0 Å². The normalized spacial score (nSPS) is 12.7. The first-order valence-corrected chi connectivity index (χ1v) is 7.75. The number of rotatable bonds is 6. The zero-order valence-corrected chi connectivity index (χ0v) is 12.0. The molecule has 110 valence electrons. The molecule has 0 aliphatic heterocycles. The second-order valence-electron chi connectivity index (χ2n) is 4.15. The van der Waals surface area contributed by atoms with Gasteiger partial charge in [0.2, 0.25) is 5.91 Å². The predicted octanol–water partition coefficient (Wildman–Crippen LogP) is 0.00720. The summed E-state index contributed by atoms with van der Waals surface area (Å²) in [7, 11) is -3.43. The molecule has 0 saturated heterocycles. The molecule has 7 nitrogen and oxygen atoms in total. The largest absolute Gasteiger partial charge is 0.466 e. The lowest BCUT2D eigenvalue weighted by atomic mass is 10.00. The lowest BCUT2D eigenvalue weighted by molar-refractivity contribution is -0.144. The molecule has 0 fully saturated rings. The van der Waals surface area contributed by atoms with Gasteiger partial charge in [-0.25, -0.2) is 8.42 Å². The summed E-state index contributed by atoms with van der Waals surface area (Å²) in [6.45, 7) is 1.82. The second kappa shape index (κ2) is 6.47. The molecule has 1 atom stereocenters. The van der Waals surface area contributed by atoms with E-state index in [0.29, 0.717) is 0 Å². The first-order valence-electron chi connectivity index (χ1n) is 5.86. The maximum atomic E-state index is 11.5. The van der Waals surface area contributed by atoms with Crippen molar-refractivity contribution in [3.63, 3.8) is 0 Å². The van der Waals surface area contributed by atoms with Gasteiger partial charge in [0.15, 0.2) is 9.84 Å². The molecule has 0 radical (unpaired) electrons. The van der Waals surface area contributed by atoms with Gasteiger partial charge in [-0.15, -0.1) is 0 Å². The fourth-order valence-electron chi connectivity index (χ4n) is 1.59. The van der Waals surface area contributed by atoms with Crippen molar-refractivity contribution in [2.24, 2.45) is 5.73 Å². The Bertz CT molecular complexity index is 612. The van der Waals surface area contributed by atoms with E-state index in [1.807, 2.05) is 0 Å². The van der Waals surface area contributed by atoms with E-state index in [1.165, 1.54) is 18.3 Å². The Morgan fingerprint density at radius 3 is 2.60 bits per heavy atom. The zero-order valence-electron chi connectivity index (χ0n) is 11.2. The van der Waals surface area contributed by atoms with Crippen LogP contribution in [0.5, 0.6) is 0 Å². The monoisotopic (exact) mass is 300 g/mol. The predicted molar refractivity (Wildman–Crippen MR) is 70.5 cm³/mol. The van der Waals surface area contributed by atoms with Crippen LogP contribution in [0, 0.1) is 0 Å². The van der Waals surface area contributed by atoms with Crippen LogP contribution in [-0.2, 0) is 24.2 Å². The number of amides is 1. The van der Waals surface area contributed by atoms with E-state index >= 15 is 0 Å². The molecule has 0 aromatic carbocycles. The Labute approximate surface area is 117 Å². The SMILES string of the molecule is CCOC(=O)CC(C(N)=O)c1cc(S(C)(=O)=O)ccn1. The van der Waals surface area contributed by atoms with Gasteiger partial charge in [-0.1, -0.05) is 0 Å². The number of pyridine rings is 1. The molecule has 2 N–H and O–H groups in total. The molecule has 1 aromatic heterocycles. The van der Waals surface area contributed by atoms with E-state index in [4.69, 9.17) is 10.5 Å². The molecule has 0 bridgehead atoms. The van der Waals surface area contributed by atoms with Crippen LogP contribution in [0.2, 0.25) is 0 Å². The zero-order chi connectivity index (χ0) is 15.3. The van der Waals surface area contributed by atoms with Gasteiger partial charge in [0.1, 0.15) is 0 Å². The Hall–Kier alpha value is -1.96. The number of aromatic nitrogens is 1. The van der Waals surface area contributed by atoms with Crippen molar-refractivity contribution in [1.82, 2.24) is 4.98 Å². The highest BCUT2D eigenvalue weighted by atomic mass is 32.2. The van der Waals surface area contributed by atoms with Crippen LogP contribution in [0.15, 0.2) is 23.2 Å². The second-order valence-corrected chi connectivity index (χ2v) is 6.17. The summed E-state index contributed by atoms with van der Waals surface area (Å²) in [5, 5.41) is 0. The molecule has 0 aliphatic rings. The highest BCUT2D eigenvalue weighted by Gasteiger charge is 2.24. The van der Waals surface area contributed by atoms with Crippen molar-refractivity contribution < 1.29 is 22.7 Å². The van der Waals surface area contributed by atoms with Crippen LogP contribution < -0.4 is 5.73 Å². The molecule has 20 heavy (non-hydrogen) atoms. The highest BCUT2D eigenvalue weighted by molar-refractivity contribution is 7.90. The lowest BCUT2D eigenvalue weighted by Crippen LogP contribution is -2.25. The summed E-state index contributed by atoms with van der Waals surface area (Å²) in [5.41, 5.74) is 5.37. The Morgan fingerprint density at radius 1 is 1.45 bits per heavy atom. The fourth-order valence-corrected chi connectivity index (χ4v) is 2.23. The Balaban J connectivity index is 3.10. The fraction of sp³-hybridized carbons (Fsp3) is 0.417. The number of carbonyl (C=O) groups is 2. The van der Waals surface area contributed by atoms with Crippen LogP contribution in [0.3, 0.4) is 0 Å². The maximum absolute atomic E-state index is 11.5. The van der Waals surface area contributed by atoms with Crippen molar-refractivity contribution >= 4 is 21.7 Å². The first-order chi connectivity index (χ1) is 9.25. The van der Waals surface area contributed by atoms with Gasteiger partial charge in [0.05, 0.1) is 29.5 Å². The van der Waals surface area contributed by atoms with E-state index in [9.17, 15) is 18.0 Å². The van der Waals surface area contributed by atoms with Crippen molar-refractivity contribution in [2.45, 2.75) is 24.2 Å². The molecule has 1 heterocycles. The van der Waals surface area contributed by atoms with Gasteiger partial charge >= 0.3 is 5.97 Å². The smallest absolute Gasteiger partial charge is 0.306 e. The number of primary amides is 1. The third-order valence-electron chi connectivity index (χ3n) is 2.56. The summed E-state index contributed by atoms with van der Waals surface area (Å²) in [6, 6.07) is 2.55. The summed E-state index contributed by atoms with van der Waals surface area (Å²) in [6.07, 6.45) is 2.02. The third-order valence-corrected chi connectivity index (χ3v) is 3.67. The minimum absolute atomic E-state index is 0.0117. The summed E-state index contributed by atoms with van der Waals surface area (Å²) < 4.78 is 27.7. The highest BCUT2D eigenvalue weighted by Crippen LogP contribution is 2.20. The van der Waals surface area contributed by atoms with Gasteiger partial charge in [-0.05, 0) is 19.1 Å². The molecule has 1 unspecified atom stereocenters. The lowest BCUT2D eigenvalue weighted by Gasteiger charge is -2.12. The molecule has 1 aromatic rings. The van der Waals surface area contributed by atoms with Gasteiger partial charge in [0, 0.05) is 12.5 Å². The number of hydrogen-bond acceptors (Lipinski definition) is 6. The molecule has 1 rings (SSSR count). The van der Waals surface area contributed by atoms with Crippen LogP contribution in [0.1, 0.15) is 25.0 Å². The molecule has 0 aliphatic carbocycles.